The number of hydrogen-bond acceptors (Lipinski definition) is 3. The van der Waals surface area contributed by atoms with E-state index in [0.717, 1.165) is 18.7 Å². The van der Waals surface area contributed by atoms with Gasteiger partial charge >= 0.3 is 0 Å². The number of benzene rings is 2. The molecule has 1 aliphatic rings. The van der Waals surface area contributed by atoms with Gasteiger partial charge < -0.3 is 5.32 Å². The van der Waals surface area contributed by atoms with Gasteiger partial charge in [0.25, 0.3) is 0 Å². The Morgan fingerprint density at radius 2 is 1.89 bits per heavy atom. The second kappa shape index (κ2) is 10.1. The Labute approximate surface area is 168 Å². The Morgan fingerprint density at radius 1 is 1.14 bits per heavy atom. The monoisotopic (exact) mass is 375 g/mol. The number of rotatable bonds is 7. The molecule has 1 heterocycles. The van der Waals surface area contributed by atoms with E-state index in [1.807, 2.05) is 18.2 Å². The van der Waals surface area contributed by atoms with Crippen molar-refractivity contribution in [3.63, 3.8) is 0 Å². The second-order valence-electron chi connectivity index (χ2n) is 7.67. The molecular formula is C24H29N3O. The minimum absolute atomic E-state index is 0.0607. The van der Waals surface area contributed by atoms with Crippen LogP contribution in [0.25, 0.3) is 0 Å². The number of nitriles is 1. The molecule has 0 spiro atoms. The summed E-state index contributed by atoms with van der Waals surface area (Å²) in [6, 6.07) is 18.6. The van der Waals surface area contributed by atoms with E-state index in [2.05, 4.69) is 41.4 Å². The van der Waals surface area contributed by atoms with Gasteiger partial charge in [-0.2, -0.15) is 5.26 Å². The molecule has 1 amide bonds. The van der Waals surface area contributed by atoms with Crippen LogP contribution in [0.2, 0.25) is 0 Å². The van der Waals surface area contributed by atoms with Crippen LogP contribution >= 0.6 is 0 Å². The summed E-state index contributed by atoms with van der Waals surface area (Å²) in [5.74, 6) is 0.0607. The number of amides is 1. The predicted octanol–water partition coefficient (Wildman–Crippen LogP) is 4.18. The Kier molecular flexibility index (Phi) is 7.22. The number of carbonyl (C=O) groups excluding carboxylic acids is 1. The van der Waals surface area contributed by atoms with Crippen molar-refractivity contribution in [3.8, 4) is 6.07 Å². The molecule has 4 nitrogen and oxygen atoms in total. The van der Waals surface area contributed by atoms with Gasteiger partial charge in [-0.25, -0.2) is 0 Å². The molecule has 146 valence electrons. The third-order valence-corrected chi connectivity index (χ3v) is 5.63. The van der Waals surface area contributed by atoms with Gasteiger partial charge in [-0.3, -0.25) is 9.69 Å². The highest BCUT2D eigenvalue weighted by Gasteiger charge is 2.19. The van der Waals surface area contributed by atoms with E-state index in [-0.39, 0.29) is 5.91 Å². The average molecular weight is 376 g/mol. The fraction of sp³-hybridized carbons (Fsp3) is 0.417. The lowest BCUT2D eigenvalue weighted by Gasteiger charge is -2.33. The van der Waals surface area contributed by atoms with Crippen LogP contribution < -0.4 is 5.32 Å². The van der Waals surface area contributed by atoms with Crippen molar-refractivity contribution in [2.75, 3.05) is 6.54 Å². The van der Waals surface area contributed by atoms with Crippen LogP contribution in [0, 0.1) is 11.3 Å². The molecule has 4 heteroatoms. The summed E-state index contributed by atoms with van der Waals surface area (Å²) in [7, 11) is 0. The van der Waals surface area contributed by atoms with E-state index in [0.29, 0.717) is 31.0 Å². The molecule has 2 aromatic carbocycles. The lowest BCUT2D eigenvalue weighted by molar-refractivity contribution is -0.121. The molecule has 1 atom stereocenters. The number of hydrogen-bond donors (Lipinski definition) is 1. The number of nitrogens with zero attached hydrogens (tertiary/aromatic N) is 2. The number of nitrogens with one attached hydrogen (secondary N) is 1. The van der Waals surface area contributed by atoms with Gasteiger partial charge in [0.15, 0.2) is 0 Å². The molecular weight excluding hydrogens is 346 g/mol. The Balaban J connectivity index is 1.51. The van der Waals surface area contributed by atoms with Crippen LogP contribution in [0.3, 0.4) is 0 Å². The third kappa shape index (κ3) is 5.68. The van der Waals surface area contributed by atoms with Gasteiger partial charge in [0.05, 0.1) is 11.6 Å². The standard InChI is InChI=1S/C24H29N3O/c1-19-6-4-5-15-27(19)18-23-8-3-2-7-22(23)17-26-24(28)14-13-20-9-11-21(16-25)12-10-20/h2-3,7-12,19H,4-6,13-15,17-18H2,1H3,(H,26,28)/t19-/m0/s1. The maximum absolute atomic E-state index is 12.3. The van der Waals surface area contributed by atoms with Crippen molar-refractivity contribution in [2.24, 2.45) is 0 Å². The van der Waals surface area contributed by atoms with Gasteiger partial charge in [0.2, 0.25) is 5.91 Å². The van der Waals surface area contributed by atoms with Crippen LogP contribution in [-0.2, 0) is 24.3 Å². The Hall–Kier alpha value is -2.64. The first-order chi connectivity index (χ1) is 13.7. The first-order valence-electron chi connectivity index (χ1n) is 10.2. The second-order valence-corrected chi connectivity index (χ2v) is 7.67. The highest BCUT2D eigenvalue weighted by atomic mass is 16.1. The molecule has 28 heavy (non-hydrogen) atoms. The van der Waals surface area contributed by atoms with E-state index in [1.165, 1.54) is 30.4 Å². The number of aryl methyl sites for hydroxylation is 1. The Bertz CT molecular complexity index is 822. The van der Waals surface area contributed by atoms with Crippen molar-refractivity contribution in [1.29, 1.82) is 5.26 Å². The third-order valence-electron chi connectivity index (χ3n) is 5.63. The summed E-state index contributed by atoms with van der Waals surface area (Å²) in [5, 5.41) is 11.9. The predicted molar refractivity (Wildman–Crippen MR) is 111 cm³/mol. The van der Waals surface area contributed by atoms with E-state index < -0.39 is 0 Å². The van der Waals surface area contributed by atoms with Crippen LogP contribution in [0.1, 0.15) is 54.9 Å². The van der Waals surface area contributed by atoms with Crippen molar-refractivity contribution in [3.05, 3.63) is 70.8 Å². The maximum Gasteiger partial charge on any atom is 0.220 e. The molecule has 0 unspecified atom stereocenters. The SMILES string of the molecule is C[C@H]1CCCCN1Cc1ccccc1CNC(=O)CCc1ccc(C#N)cc1. The van der Waals surface area contributed by atoms with Crippen molar-refractivity contribution >= 4 is 5.91 Å². The molecule has 0 saturated carbocycles. The normalized spacial score (nSPS) is 17.1. The van der Waals surface area contributed by atoms with Crippen LogP contribution in [0.4, 0.5) is 0 Å². The molecule has 0 bridgehead atoms. The Morgan fingerprint density at radius 3 is 2.61 bits per heavy atom. The largest absolute Gasteiger partial charge is 0.352 e. The summed E-state index contributed by atoms with van der Waals surface area (Å²) >= 11 is 0. The van der Waals surface area contributed by atoms with E-state index in [9.17, 15) is 4.79 Å². The number of piperidine rings is 1. The van der Waals surface area contributed by atoms with Gasteiger partial charge in [-0.1, -0.05) is 42.8 Å². The zero-order valence-corrected chi connectivity index (χ0v) is 16.7. The summed E-state index contributed by atoms with van der Waals surface area (Å²) in [5.41, 5.74) is 4.23. The van der Waals surface area contributed by atoms with Gasteiger partial charge in [-0.15, -0.1) is 0 Å². The zero-order valence-electron chi connectivity index (χ0n) is 16.7. The molecule has 1 aliphatic heterocycles. The molecule has 2 aromatic rings. The fourth-order valence-corrected chi connectivity index (χ4v) is 3.78. The average Bonchev–Trinajstić information content (AvgIpc) is 2.73. The summed E-state index contributed by atoms with van der Waals surface area (Å²) in [6.07, 6.45) is 5.02. The highest BCUT2D eigenvalue weighted by Crippen LogP contribution is 2.20. The quantitative estimate of drug-likeness (QED) is 0.790. The highest BCUT2D eigenvalue weighted by molar-refractivity contribution is 5.76. The lowest BCUT2D eigenvalue weighted by atomic mass is 10.0. The molecule has 0 aromatic heterocycles. The fourth-order valence-electron chi connectivity index (χ4n) is 3.78. The number of carbonyl (C=O) groups is 1. The smallest absolute Gasteiger partial charge is 0.220 e. The molecule has 3 rings (SSSR count). The maximum atomic E-state index is 12.3. The molecule has 1 N–H and O–H groups in total. The topological polar surface area (TPSA) is 56.1 Å². The summed E-state index contributed by atoms with van der Waals surface area (Å²) in [4.78, 5) is 14.8. The van der Waals surface area contributed by atoms with Gasteiger partial charge in [0.1, 0.15) is 0 Å². The van der Waals surface area contributed by atoms with Crippen molar-refractivity contribution in [2.45, 2.75) is 58.2 Å². The molecule has 0 radical (unpaired) electrons. The summed E-state index contributed by atoms with van der Waals surface area (Å²) < 4.78 is 0. The van der Waals surface area contributed by atoms with Crippen LogP contribution in [0.5, 0.6) is 0 Å². The first-order valence-corrected chi connectivity index (χ1v) is 10.2. The first kappa shape index (κ1) is 20.1. The lowest BCUT2D eigenvalue weighted by Crippen LogP contribution is -2.37. The molecule has 1 fully saturated rings. The van der Waals surface area contributed by atoms with E-state index >= 15 is 0 Å². The van der Waals surface area contributed by atoms with Crippen LogP contribution in [0.15, 0.2) is 48.5 Å². The van der Waals surface area contributed by atoms with E-state index in [1.54, 1.807) is 12.1 Å². The van der Waals surface area contributed by atoms with Gasteiger partial charge in [-0.05, 0) is 61.6 Å². The van der Waals surface area contributed by atoms with Crippen molar-refractivity contribution < 1.29 is 4.79 Å². The minimum Gasteiger partial charge on any atom is -0.352 e. The molecule has 1 saturated heterocycles. The molecule has 0 aliphatic carbocycles. The number of likely N-dealkylation sites (tertiary alicyclic amines) is 1. The minimum atomic E-state index is 0.0607. The summed E-state index contributed by atoms with van der Waals surface area (Å²) in [6.45, 7) is 5.00. The van der Waals surface area contributed by atoms with Crippen LogP contribution in [-0.4, -0.2) is 23.4 Å². The van der Waals surface area contributed by atoms with Gasteiger partial charge in [0, 0.05) is 25.6 Å². The van der Waals surface area contributed by atoms with E-state index in [4.69, 9.17) is 5.26 Å². The van der Waals surface area contributed by atoms with Crippen molar-refractivity contribution in [1.82, 2.24) is 10.2 Å². The zero-order chi connectivity index (χ0) is 19.8.